The first-order valence-electron chi connectivity index (χ1n) is 6.25. The number of hydrogen-bond acceptors (Lipinski definition) is 5. The summed E-state index contributed by atoms with van der Waals surface area (Å²) < 4.78 is 0. The van der Waals surface area contributed by atoms with Gasteiger partial charge in [-0.3, -0.25) is 4.79 Å². The minimum absolute atomic E-state index is 0.113. The molecule has 2 aromatic rings. The molecule has 0 aliphatic heterocycles. The Hall–Kier alpha value is -2.08. The first kappa shape index (κ1) is 14.3. The molecule has 0 spiro atoms. The summed E-state index contributed by atoms with van der Waals surface area (Å²) in [6.45, 7) is 2.42. The fourth-order valence-corrected chi connectivity index (χ4v) is 1.73. The van der Waals surface area contributed by atoms with Crippen LogP contribution in [0.2, 0.25) is 0 Å². The highest BCUT2D eigenvalue weighted by atomic mass is 32.1. The van der Waals surface area contributed by atoms with Crippen LogP contribution >= 0.6 is 12.6 Å². The number of aromatic nitrogens is 2. The number of carbonyl (C=O) groups is 1. The molecule has 1 aromatic carbocycles. The van der Waals surface area contributed by atoms with Crippen molar-refractivity contribution in [3.63, 3.8) is 0 Å². The van der Waals surface area contributed by atoms with Crippen LogP contribution in [-0.4, -0.2) is 28.4 Å². The van der Waals surface area contributed by atoms with Crippen molar-refractivity contribution in [1.29, 1.82) is 0 Å². The Bertz CT molecular complexity index is 586. The van der Waals surface area contributed by atoms with E-state index in [4.69, 9.17) is 0 Å². The zero-order valence-electron chi connectivity index (χ0n) is 11.1. The van der Waals surface area contributed by atoms with Crippen LogP contribution in [0.15, 0.2) is 36.4 Å². The largest absolute Gasteiger partial charge is 0.351 e. The highest BCUT2D eigenvalue weighted by molar-refractivity contribution is 7.80. The van der Waals surface area contributed by atoms with Crippen molar-refractivity contribution in [3.05, 3.63) is 47.7 Å². The van der Waals surface area contributed by atoms with Crippen molar-refractivity contribution in [2.24, 2.45) is 0 Å². The van der Waals surface area contributed by atoms with E-state index in [1.54, 1.807) is 12.1 Å². The van der Waals surface area contributed by atoms with Crippen LogP contribution in [0.4, 0.5) is 11.5 Å². The van der Waals surface area contributed by atoms with Crippen molar-refractivity contribution in [1.82, 2.24) is 15.5 Å². The number of hydrogen-bond donors (Lipinski definition) is 3. The SMILES string of the molecule is Cc1ccc(Nc2cccc(C(=O)NCCS)c2)nn1. The maximum absolute atomic E-state index is 11.9. The zero-order chi connectivity index (χ0) is 14.4. The predicted molar refractivity (Wildman–Crippen MR) is 82.7 cm³/mol. The Balaban J connectivity index is 2.09. The Kier molecular flexibility index (Phi) is 4.95. The zero-order valence-corrected chi connectivity index (χ0v) is 12.0. The molecule has 6 heteroatoms. The van der Waals surface area contributed by atoms with Crippen LogP contribution in [0.3, 0.4) is 0 Å². The molecule has 0 bridgehead atoms. The number of nitrogens with one attached hydrogen (secondary N) is 2. The molecular weight excluding hydrogens is 272 g/mol. The van der Waals surface area contributed by atoms with Gasteiger partial charge in [0.2, 0.25) is 0 Å². The van der Waals surface area contributed by atoms with Gasteiger partial charge in [-0.25, -0.2) is 0 Å². The van der Waals surface area contributed by atoms with Gasteiger partial charge in [-0.05, 0) is 37.3 Å². The standard InChI is InChI=1S/C14H16N4OS/c1-10-5-6-13(18-17-10)16-12-4-2-3-11(9-12)14(19)15-7-8-20/h2-6,9,20H,7-8H2,1H3,(H,15,19)(H,16,18). The van der Waals surface area contributed by atoms with E-state index in [1.807, 2.05) is 31.2 Å². The van der Waals surface area contributed by atoms with Crippen LogP contribution in [0, 0.1) is 6.92 Å². The number of thiol groups is 1. The van der Waals surface area contributed by atoms with E-state index in [2.05, 4.69) is 33.5 Å². The second-order valence-electron chi connectivity index (χ2n) is 4.25. The maximum Gasteiger partial charge on any atom is 0.251 e. The summed E-state index contributed by atoms with van der Waals surface area (Å²) >= 11 is 4.06. The van der Waals surface area contributed by atoms with Gasteiger partial charge in [0.25, 0.3) is 5.91 Å². The minimum atomic E-state index is -0.113. The molecule has 0 unspecified atom stereocenters. The molecule has 0 aliphatic rings. The number of aryl methyl sites for hydroxylation is 1. The highest BCUT2D eigenvalue weighted by Crippen LogP contribution is 2.15. The van der Waals surface area contributed by atoms with Crippen LogP contribution in [-0.2, 0) is 0 Å². The lowest BCUT2D eigenvalue weighted by Gasteiger charge is -2.07. The van der Waals surface area contributed by atoms with Gasteiger partial charge < -0.3 is 10.6 Å². The second kappa shape index (κ2) is 6.91. The highest BCUT2D eigenvalue weighted by Gasteiger charge is 2.05. The third-order valence-corrected chi connectivity index (χ3v) is 2.82. The molecule has 20 heavy (non-hydrogen) atoms. The molecule has 0 aliphatic carbocycles. The van der Waals surface area contributed by atoms with Gasteiger partial charge in [0.1, 0.15) is 0 Å². The van der Waals surface area contributed by atoms with Gasteiger partial charge in [-0.15, -0.1) is 5.10 Å². The smallest absolute Gasteiger partial charge is 0.251 e. The molecule has 0 saturated carbocycles. The third-order valence-electron chi connectivity index (χ3n) is 2.59. The lowest BCUT2D eigenvalue weighted by molar-refractivity contribution is 0.0956. The summed E-state index contributed by atoms with van der Waals surface area (Å²) in [7, 11) is 0. The Morgan fingerprint density at radius 1 is 1.25 bits per heavy atom. The molecule has 1 heterocycles. The molecule has 5 nitrogen and oxygen atoms in total. The van der Waals surface area contributed by atoms with E-state index in [0.29, 0.717) is 23.7 Å². The average molecular weight is 288 g/mol. The lowest BCUT2D eigenvalue weighted by Crippen LogP contribution is -2.25. The summed E-state index contributed by atoms with van der Waals surface area (Å²) in [6.07, 6.45) is 0. The van der Waals surface area contributed by atoms with Crippen molar-refractivity contribution in [3.8, 4) is 0 Å². The average Bonchev–Trinajstić information content (AvgIpc) is 2.47. The number of amides is 1. The van der Waals surface area contributed by atoms with Gasteiger partial charge in [-0.2, -0.15) is 17.7 Å². The Labute approximate surface area is 123 Å². The molecule has 1 amide bonds. The third kappa shape index (κ3) is 3.96. The number of anilines is 2. The fourth-order valence-electron chi connectivity index (χ4n) is 1.62. The van der Waals surface area contributed by atoms with Gasteiger partial charge in [0.15, 0.2) is 5.82 Å². The quantitative estimate of drug-likeness (QED) is 0.738. The molecule has 2 N–H and O–H groups in total. The molecule has 2 rings (SSSR count). The summed E-state index contributed by atoms with van der Waals surface area (Å²) in [4.78, 5) is 11.9. The maximum atomic E-state index is 11.9. The number of nitrogens with zero attached hydrogens (tertiary/aromatic N) is 2. The topological polar surface area (TPSA) is 66.9 Å². The minimum Gasteiger partial charge on any atom is -0.351 e. The van der Waals surface area contributed by atoms with Crippen LogP contribution < -0.4 is 10.6 Å². The summed E-state index contributed by atoms with van der Waals surface area (Å²) in [6, 6.07) is 10.9. The van der Waals surface area contributed by atoms with Crippen LogP contribution in [0.1, 0.15) is 16.1 Å². The number of rotatable bonds is 5. The van der Waals surface area contributed by atoms with Gasteiger partial charge in [0, 0.05) is 23.5 Å². The normalized spacial score (nSPS) is 10.1. The van der Waals surface area contributed by atoms with E-state index < -0.39 is 0 Å². The summed E-state index contributed by atoms with van der Waals surface area (Å²) in [5.41, 5.74) is 2.24. The molecule has 0 saturated heterocycles. The van der Waals surface area contributed by atoms with Gasteiger partial charge in [0.05, 0.1) is 5.69 Å². The van der Waals surface area contributed by atoms with E-state index >= 15 is 0 Å². The summed E-state index contributed by atoms with van der Waals surface area (Å²) in [5.74, 6) is 1.14. The van der Waals surface area contributed by atoms with Crippen molar-refractivity contribution < 1.29 is 4.79 Å². The van der Waals surface area contributed by atoms with Crippen molar-refractivity contribution >= 4 is 30.0 Å². The monoisotopic (exact) mass is 288 g/mol. The first-order chi connectivity index (χ1) is 9.69. The van der Waals surface area contributed by atoms with E-state index in [9.17, 15) is 4.79 Å². The molecule has 104 valence electrons. The van der Waals surface area contributed by atoms with E-state index in [1.165, 1.54) is 0 Å². The van der Waals surface area contributed by atoms with Crippen LogP contribution in [0.5, 0.6) is 0 Å². The summed E-state index contributed by atoms with van der Waals surface area (Å²) in [5, 5.41) is 13.9. The van der Waals surface area contributed by atoms with Gasteiger partial charge >= 0.3 is 0 Å². The molecule has 0 atom stereocenters. The molecular formula is C14H16N4OS. The number of benzene rings is 1. The predicted octanol–water partition coefficient (Wildman–Crippen LogP) is 2.19. The Morgan fingerprint density at radius 3 is 2.80 bits per heavy atom. The van der Waals surface area contributed by atoms with Gasteiger partial charge in [-0.1, -0.05) is 6.07 Å². The Morgan fingerprint density at radius 2 is 2.10 bits per heavy atom. The van der Waals surface area contributed by atoms with E-state index in [0.717, 1.165) is 11.4 Å². The molecule has 1 aromatic heterocycles. The first-order valence-corrected chi connectivity index (χ1v) is 6.89. The lowest BCUT2D eigenvalue weighted by atomic mass is 10.2. The molecule has 0 fully saturated rings. The fraction of sp³-hybridized carbons (Fsp3) is 0.214. The van der Waals surface area contributed by atoms with Crippen LogP contribution in [0.25, 0.3) is 0 Å². The second-order valence-corrected chi connectivity index (χ2v) is 4.69. The van der Waals surface area contributed by atoms with E-state index in [-0.39, 0.29) is 5.91 Å². The number of carbonyl (C=O) groups excluding carboxylic acids is 1. The van der Waals surface area contributed by atoms with Crippen molar-refractivity contribution in [2.75, 3.05) is 17.6 Å². The molecule has 0 radical (unpaired) electrons. The van der Waals surface area contributed by atoms with Crippen molar-refractivity contribution in [2.45, 2.75) is 6.92 Å².